The smallest absolute Gasteiger partial charge is 0.217 e. The number of ether oxygens (including phenoxy) is 3. The Labute approximate surface area is 185 Å². The van der Waals surface area contributed by atoms with Crippen molar-refractivity contribution in [3.63, 3.8) is 0 Å². The number of benzene rings is 1. The molecule has 2 aromatic carbocycles. The van der Waals surface area contributed by atoms with Crippen molar-refractivity contribution in [1.82, 2.24) is 14.9 Å². The average molecular weight is 435 g/mol. The Morgan fingerprint density at radius 1 is 1.12 bits per heavy atom. The molecule has 1 amide bonds. The lowest BCUT2D eigenvalue weighted by molar-refractivity contribution is -0.119. The molecule has 0 saturated carbocycles. The van der Waals surface area contributed by atoms with Gasteiger partial charge in [0.05, 0.1) is 39.4 Å². The van der Waals surface area contributed by atoms with Gasteiger partial charge in [0.2, 0.25) is 17.1 Å². The first-order valence-electron chi connectivity index (χ1n) is 10.2. The summed E-state index contributed by atoms with van der Waals surface area (Å²) in [5.41, 5.74) is 3.59. The fourth-order valence-corrected chi connectivity index (χ4v) is 4.31. The number of fused-ring (bicyclic) bond motifs is 3. The molecule has 1 aliphatic carbocycles. The maximum absolute atomic E-state index is 13.2. The van der Waals surface area contributed by atoms with Crippen molar-refractivity contribution in [2.24, 2.45) is 0 Å². The van der Waals surface area contributed by atoms with Crippen LogP contribution >= 0.6 is 0 Å². The summed E-state index contributed by atoms with van der Waals surface area (Å²) in [5, 5.41) is 3.00. The van der Waals surface area contributed by atoms with E-state index in [1.165, 1.54) is 6.92 Å². The molecule has 1 unspecified atom stereocenters. The molecular weight excluding hydrogens is 410 g/mol. The van der Waals surface area contributed by atoms with Crippen LogP contribution in [-0.2, 0) is 11.2 Å². The van der Waals surface area contributed by atoms with Crippen LogP contribution in [0.5, 0.6) is 17.2 Å². The molecule has 1 heterocycles. The highest BCUT2D eigenvalue weighted by molar-refractivity contribution is 5.83. The molecule has 1 aliphatic rings. The van der Waals surface area contributed by atoms with Crippen LogP contribution in [0.15, 0.2) is 47.8 Å². The van der Waals surface area contributed by atoms with E-state index in [4.69, 9.17) is 14.2 Å². The van der Waals surface area contributed by atoms with Crippen LogP contribution in [0.3, 0.4) is 0 Å². The zero-order valence-electron chi connectivity index (χ0n) is 18.5. The molecule has 0 bridgehead atoms. The molecule has 0 aliphatic heterocycles. The molecule has 8 nitrogen and oxygen atoms in total. The fraction of sp³-hybridized carbons (Fsp3) is 0.292. The highest BCUT2D eigenvalue weighted by Crippen LogP contribution is 2.50. The van der Waals surface area contributed by atoms with E-state index in [0.29, 0.717) is 35.8 Å². The van der Waals surface area contributed by atoms with Crippen molar-refractivity contribution in [2.75, 3.05) is 21.3 Å². The molecule has 0 spiro atoms. The van der Waals surface area contributed by atoms with Crippen LogP contribution in [0, 0.1) is 0 Å². The summed E-state index contributed by atoms with van der Waals surface area (Å²) < 4.78 is 18.6. The van der Waals surface area contributed by atoms with E-state index in [9.17, 15) is 9.59 Å². The number of carbonyl (C=O) groups is 1. The van der Waals surface area contributed by atoms with Crippen LogP contribution in [0.2, 0.25) is 0 Å². The van der Waals surface area contributed by atoms with E-state index in [2.05, 4.69) is 10.3 Å². The van der Waals surface area contributed by atoms with Crippen molar-refractivity contribution in [1.29, 1.82) is 0 Å². The van der Waals surface area contributed by atoms with Crippen LogP contribution < -0.4 is 25.0 Å². The van der Waals surface area contributed by atoms with Crippen molar-refractivity contribution < 1.29 is 19.0 Å². The third-order valence-electron chi connectivity index (χ3n) is 5.68. The quantitative estimate of drug-likeness (QED) is 0.662. The van der Waals surface area contributed by atoms with Gasteiger partial charge in [0.15, 0.2) is 11.5 Å². The number of amides is 1. The predicted octanol–water partition coefficient (Wildman–Crippen LogP) is 3.05. The van der Waals surface area contributed by atoms with Gasteiger partial charge in [0.25, 0.3) is 0 Å². The molecule has 1 N–H and O–H groups in total. The van der Waals surface area contributed by atoms with Crippen LogP contribution in [0.1, 0.15) is 30.5 Å². The SMILES string of the molecule is COc1cc2c(c(OC)c1OC)-c1ccc(-n3ccnc3)c(=O)cc1C(NC(C)=O)CC2. The monoisotopic (exact) mass is 435 g/mol. The van der Waals surface area contributed by atoms with Gasteiger partial charge in [-0.1, -0.05) is 6.07 Å². The van der Waals surface area contributed by atoms with Crippen molar-refractivity contribution in [3.8, 4) is 34.1 Å². The molecule has 4 rings (SSSR count). The number of rotatable bonds is 5. The first-order chi connectivity index (χ1) is 15.5. The third-order valence-corrected chi connectivity index (χ3v) is 5.68. The van der Waals surface area contributed by atoms with Crippen molar-refractivity contribution in [2.45, 2.75) is 25.8 Å². The zero-order chi connectivity index (χ0) is 22.8. The number of aromatic nitrogens is 2. The number of carbonyl (C=O) groups excluding carboxylic acids is 1. The Hall–Kier alpha value is -3.81. The van der Waals surface area contributed by atoms with Gasteiger partial charge in [-0.25, -0.2) is 4.98 Å². The van der Waals surface area contributed by atoms with Gasteiger partial charge in [-0.05, 0) is 47.7 Å². The summed E-state index contributed by atoms with van der Waals surface area (Å²) in [6.07, 6.45) is 6.18. The molecule has 166 valence electrons. The Morgan fingerprint density at radius 2 is 1.91 bits per heavy atom. The highest BCUT2D eigenvalue weighted by atomic mass is 16.5. The first kappa shape index (κ1) is 21.4. The number of nitrogens with zero attached hydrogens (tertiary/aromatic N) is 2. The van der Waals surface area contributed by atoms with Crippen LogP contribution in [0.4, 0.5) is 0 Å². The lowest BCUT2D eigenvalue weighted by Gasteiger charge is -2.19. The predicted molar refractivity (Wildman–Crippen MR) is 120 cm³/mol. The summed E-state index contributed by atoms with van der Waals surface area (Å²) >= 11 is 0. The summed E-state index contributed by atoms with van der Waals surface area (Å²) in [6, 6.07) is 6.83. The Kier molecular flexibility index (Phi) is 5.85. The first-order valence-corrected chi connectivity index (χ1v) is 10.2. The van der Waals surface area contributed by atoms with Crippen LogP contribution in [0.25, 0.3) is 16.8 Å². The Balaban J connectivity index is 2.07. The van der Waals surface area contributed by atoms with E-state index >= 15 is 0 Å². The van der Waals surface area contributed by atoms with E-state index < -0.39 is 0 Å². The number of hydrogen-bond donors (Lipinski definition) is 1. The molecule has 3 aromatic rings. The molecule has 0 fully saturated rings. The molecule has 1 aromatic heterocycles. The van der Waals surface area contributed by atoms with E-state index in [1.807, 2.05) is 12.1 Å². The second-order valence-corrected chi connectivity index (χ2v) is 7.54. The highest BCUT2D eigenvalue weighted by Gasteiger charge is 2.29. The van der Waals surface area contributed by atoms with Gasteiger partial charge in [-0.15, -0.1) is 0 Å². The topological polar surface area (TPSA) is 91.7 Å². The zero-order valence-corrected chi connectivity index (χ0v) is 18.5. The molecule has 8 heteroatoms. The average Bonchev–Trinajstić information content (AvgIpc) is 3.20. The number of aryl methyl sites for hydroxylation is 1. The van der Waals surface area contributed by atoms with Gasteiger partial charge in [-0.3, -0.25) is 9.59 Å². The summed E-state index contributed by atoms with van der Waals surface area (Å²) in [7, 11) is 4.71. The number of imidazole rings is 1. The Morgan fingerprint density at radius 3 is 2.53 bits per heavy atom. The normalized spacial score (nSPS) is 14.6. The number of nitrogens with one attached hydrogen (secondary N) is 1. The van der Waals surface area contributed by atoms with E-state index in [0.717, 1.165) is 22.3 Å². The molecular formula is C24H25N3O5. The summed E-state index contributed by atoms with van der Waals surface area (Å²) in [4.78, 5) is 29.2. The van der Waals surface area contributed by atoms with Crippen LogP contribution in [-0.4, -0.2) is 36.8 Å². The van der Waals surface area contributed by atoms with Gasteiger partial charge >= 0.3 is 0 Å². The minimum atomic E-state index is -0.340. The molecule has 1 atom stereocenters. The maximum atomic E-state index is 13.2. The van der Waals surface area contributed by atoms with Crippen molar-refractivity contribution in [3.05, 3.63) is 64.3 Å². The molecule has 0 saturated heterocycles. The van der Waals surface area contributed by atoms with E-state index in [1.54, 1.807) is 56.8 Å². The molecule has 32 heavy (non-hydrogen) atoms. The Bertz CT molecular complexity index is 1220. The summed E-state index contributed by atoms with van der Waals surface area (Å²) in [6.45, 7) is 1.47. The minimum absolute atomic E-state index is 0.164. The van der Waals surface area contributed by atoms with Gasteiger partial charge in [0.1, 0.15) is 0 Å². The fourth-order valence-electron chi connectivity index (χ4n) is 4.31. The van der Waals surface area contributed by atoms with E-state index in [-0.39, 0.29) is 17.4 Å². The number of hydrogen-bond acceptors (Lipinski definition) is 6. The standard InChI is InChI=1S/C24H25N3O5/c1-14(28)26-18-7-5-15-11-21(30-2)23(31-3)24(32-4)22(15)16-6-8-19(20(29)12-17(16)18)27-10-9-25-13-27/h6,8-13,18H,5,7H2,1-4H3,(H,26,28). The van der Waals surface area contributed by atoms with Gasteiger partial charge in [-0.2, -0.15) is 0 Å². The largest absolute Gasteiger partial charge is 0.493 e. The van der Waals surface area contributed by atoms with Gasteiger partial charge in [0, 0.05) is 24.9 Å². The lowest BCUT2D eigenvalue weighted by atomic mass is 9.95. The molecule has 0 radical (unpaired) electrons. The van der Waals surface area contributed by atoms with Gasteiger partial charge < -0.3 is 24.1 Å². The maximum Gasteiger partial charge on any atom is 0.217 e. The van der Waals surface area contributed by atoms with Crippen molar-refractivity contribution >= 4 is 5.91 Å². The summed E-state index contributed by atoms with van der Waals surface area (Å²) in [5.74, 6) is 1.39. The number of methoxy groups -OCH3 is 3. The minimum Gasteiger partial charge on any atom is -0.493 e. The third kappa shape index (κ3) is 3.68. The lowest BCUT2D eigenvalue weighted by Crippen LogP contribution is -2.26. The second-order valence-electron chi connectivity index (χ2n) is 7.54. The second kappa shape index (κ2) is 8.74.